The monoisotopic (exact) mass is 420 g/mol. The first-order valence-corrected chi connectivity index (χ1v) is 8.92. The van der Waals surface area contributed by atoms with Crippen LogP contribution in [-0.2, 0) is 10.2 Å². The third kappa shape index (κ3) is 5.76. The Balaban J connectivity index is 2.33. The van der Waals surface area contributed by atoms with Crippen LogP contribution in [0.3, 0.4) is 0 Å². The maximum atomic E-state index is 12.5. The number of nitrogens with one attached hydrogen (secondary N) is 1. The van der Waals surface area contributed by atoms with Crippen LogP contribution in [-0.4, -0.2) is 24.6 Å². The first-order valence-electron chi connectivity index (χ1n) is 8.92. The van der Waals surface area contributed by atoms with E-state index in [9.17, 15) is 23.7 Å². The van der Waals surface area contributed by atoms with Crippen LogP contribution in [0.25, 0.3) is 6.08 Å². The predicted octanol–water partition coefficient (Wildman–Crippen LogP) is 5.15. The number of rotatable bonds is 7. The molecule has 0 unspecified atom stereocenters. The molecule has 0 radical (unpaired) electrons. The molecule has 0 aromatic heterocycles. The second-order valence-electron chi connectivity index (χ2n) is 7.32. The molecule has 7 nitrogen and oxygen atoms in total. The van der Waals surface area contributed by atoms with Crippen LogP contribution in [0.2, 0.25) is 0 Å². The number of halogens is 2. The van der Waals surface area contributed by atoms with Crippen LogP contribution in [0.15, 0.2) is 42.5 Å². The SMILES string of the molecule is COc1cc(/C=C/C(=O)Nc2ccccc2C(C)(C)C)c([N+](=O)[O-])cc1OC(F)F. The van der Waals surface area contributed by atoms with E-state index in [0.717, 1.165) is 23.8 Å². The molecule has 0 atom stereocenters. The molecule has 0 saturated carbocycles. The molecule has 0 fully saturated rings. The first kappa shape index (κ1) is 22.8. The van der Waals surface area contributed by atoms with Crippen molar-refractivity contribution in [2.45, 2.75) is 32.8 Å². The molecular formula is C21H22F2N2O5. The number of hydrogen-bond acceptors (Lipinski definition) is 5. The largest absolute Gasteiger partial charge is 0.493 e. The summed E-state index contributed by atoms with van der Waals surface area (Å²) in [6.45, 7) is 2.85. The van der Waals surface area contributed by atoms with Gasteiger partial charge in [0.2, 0.25) is 5.91 Å². The van der Waals surface area contributed by atoms with Gasteiger partial charge in [0.25, 0.3) is 5.69 Å². The lowest BCUT2D eigenvalue weighted by molar-refractivity contribution is -0.385. The van der Waals surface area contributed by atoms with Gasteiger partial charge in [-0.3, -0.25) is 14.9 Å². The second kappa shape index (κ2) is 9.34. The van der Waals surface area contributed by atoms with Gasteiger partial charge in [-0.1, -0.05) is 39.0 Å². The smallest absolute Gasteiger partial charge is 0.387 e. The lowest BCUT2D eigenvalue weighted by Gasteiger charge is -2.22. The Morgan fingerprint density at radius 3 is 2.43 bits per heavy atom. The van der Waals surface area contributed by atoms with Gasteiger partial charge in [-0.2, -0.15) is 8.78 Å². The second-order valence-corrected chi connectivity index (χ2v) is 7.32. The van der Waals surface area contributed by atoms with E-state index in [0.29, 0.717) is 5.69 Å². The number of benzene rings is 2. The number of amides is 1. The summed E-state index contributed by atoms with van der Waals surface area (Å²) in [4.78, 5) is 23.0. The van der Waals surface area contributed by atoms with Crippen molar-refractivity contribution in [3.63, 3.8) is 0 Å². The molecule has 1 N–H and O–H groups in total. The normalized spacial score (nSPS) is 11.6. The summed E-state index contributed by atoms with van der Waals surface area (Å²) in [6, 6.07) is 9.29. The molecule has 0 aliphatic rings. The minimum Gasteiger partial charge on any atom is -0.493 e. The summed E-state index contributed by atoms with van der Waals surface area (Å²) >= 11 is 0. The fourth-order valence-electron chi connectivity index (χ4n) is 2.79. The third-order valence-corrected chi connectivity index (χ3v) is 4.13. The van der Waals surface area contributed by atoms with Gasteiger partial charge < -0.3 is 14.8 Å². The van der Waals surface area contributed by atoms with Crippen molar-refractivity contribution < 1.29 is 28.0 Å². The van der Waals surface area contributed by atoms with Gasteiger partial charge >= 0.3 is 6.61 Å². The standard InChI is InChI=1S/C21H22F2N2O5/c1-21(2,3)14-7-5-6-8-15(14)24-19(26)10-9-13-11-17(29-4)18(30-20(22)23)12-16(13)25(27)28/h5-12,20H,1-4H3,(H,24,26)/b10-9+. The fraction of sp³-hybridized carbons (Fsp3) is 0.286. The molecule has 0 saturated heterocycles. The van der Waals surface area contributed by atoms with E-state index in [1.165, 1.54) is 13.2 Å². The lowest BCUT2D eigenvalue weighted by atomic mass is 9.86. The zero-order valence-electron chi connectivity index (χ0n) is 16.9. The number of anilines is 1. The molecule has 2 rings (SSSR count). The topological polar surface area (TPSA) is 90.7 Å². The number of hydrogen-bond donors (Lipinski definition) is 1. The van der Waals surface area contributed by atoms with Crippen LogP contribution in [0.5, 0.6) is 11.5 Å². The Hall–Kier alpha value is -3.49. The van der Waals surface area contributed by atoms with Gasteiger partial charge in [-0.25, -0.2) is 0 Å². The van der Waals surface area contributed by atoms with Crippen LogP contribution in [0.4, 0.5) is 20.2 Å². The predicted molar refractivity (Wildman–Crippen MR) is 109 cm³/mol. The molecule has 160 valence electrons. The van der Waals surface area contributed by atoms with Gasteiger partial charge in [-0.05, 0) is 29.2 Å². The third-order valence-electron chi connectivity index (χ3n) is 4.13. The molecule has 0 heterocycles. The van der Waals surface area contributed by atoms with Gasteiger partial charge in [0.1, 0.15) is 0 Å². The summed E-state index contributed by atoms with van der Waals surface area (Å²) in [5, 5.41) is 14.1. The molecule has 2 aromatic carbocycles. The van der Waals surface area contributed by atoms with Crippen molar-refractivity contribution in [1.29, 1.82) is 0 Å². The van der Waals surface area contributed by atoms with Gasteiger partial charge in [0.15, 0.2) is 11.5 Å². The van der Waals surface area contributed by atoms with Gasteiger partial charge in [0, 0.05) is 11.8 Å². The average Bonchev–Trinajstić information content (AvgIpc) is 2.65. The van der Waals surface area contributed by atoms with E-state index in [1.54, 1.807) is 12.1 Å². The number of carbonyl (C=O) groups is 1. The Labute approximate surface area is 172 Å². The number of ether oxygens (including phenoxy) is 2. The maximum Gasteiger partial charge on any atom is 0.387 e. The van der Waals surface area contributed by atoms with Gasteiger partial charge in [-0.15, -0.1) is 0 Å². The van der Waals surface area contributed by atoms with E-state index in [2.05, 4.69) is 10.1 Å². The maximum absolute atomic E-state index is 12.5. The van der Waals surface area contributed by atoms with Crippen LogP contribution in [0, 0.1) is 10.1 Å². The Morgan fingerprint density at radius 2 is 1.87 bits per heavy atom. The summed E-state index contributed by atoms with van der Waals surface area (Å²) in [7, 11) is 1.21. The zero-order chi connectivity index (χ0) is 22.5. The number of para-hydroxylation sites is 1. The Morgan fingerprint density at radius 1 is 1.20 bits per heavy atom. The van der Waals surface area contributed by atoms with Crippen molar-refractivity contribution in [1.82, 2.24) is 0 Å². The molecule has 0 aliphatic carbocycles. The van der Waals surface area contributed by atoms with Crippen LogP contribution >= 0.6 is 0 Å². The zero-order valence-corrected chi connectivity index (χ0v) is 16.9. The minimum atomic E-state index is -3.17. The van der Waals surface area contributed by atoms with Crippen molar-refractivity contribution in [3.05, 3.63) is 63.7 Å². The van der Waals surface area contributed by atoms with Gasteiger partial charge in [0.05, 0.1) is 23.7 Å². The number of carbonyl (C=O) groups excluding carboxylic acids is 1. The molecule has 0 spiro atoms. The molecule has 30 heavy (non-hydrogen) atoms. The fourth-order valence-corrected chi connectivity index (χ4v) is 2.79. The van der Waals surface area contributed by atoms with Crippen molar-refractivity contribution in [3.8, 4) is 11.5 Å². The highest BCUT2D eigenvalue weighted by Gasteiger charge is 2.21. The van der Waals surface area contributed by atoms with E-state index >= 15 is 0 Å². The summed E-state index contributed by atoms with van der Waals surface area (Å²) in [5.74, 6) is -1.10. The summed E-state index contributed by atoms with van der Waals surface area (Å²) in [5.41, 5.74) is 0.823. The van der Waals surface area contributed by atoms with E-state index in [4.69, 9.17) is 4.74 Å². The van der Waals surface area contributed by atoms with E-state index < -0.39 is 28.9 Å². The van der Waals surface area contributed by atoms with Crippen LogP contribution < -0.4 is 14.8 Å². The van der Waals surface area contributed by atoms with Crippen molar-refractivity contribution in [2.75, 3.05) is 12.4 Å². The number of nitro benzene ring substituents is 1. The minimum absolute atomic E-state index is 0.00211. The number of methoxy groups -OCH3 is 1. The molecule has 9 heteroatoms. The lowest BCUT2D eigenvalue weighted by Crippen LogP contribution is -2.17. The molecule has 0 bridgehead atoms. The summed E-state index contributed by atoms with van der Waals surface area (Å²) in [6.07, 6.45) is 2.33. The molecular weight excluding hydrogens is 398 g/mol. The highest BCUT2D eigenvalue weighted by Crippen LogP contribution is 2.36. The van der Waals surface area contributed by atoms with Crippen LogP contribution in [0.1, 0.15) is 31.9 Å². The number of nitro groups is 1. The summed E-state index contributed by atoms with van der Waals surface area (Å²) < 4.78 is 34.3. The average molecular weight is 420 g/mol. The van der Waals surface area contributed by atoms with Crippen molar-refractivity contribution >= 4 is 23.4 Å². The highest BCUT2D eigenvalue weighted by molar-refractivity contribution is 6.02. The molecule has 2 aromatic rings. The van der Waals surface area contributed by atoms with E-state index in [1.807, 2.05) is 32.9 Å². The molecule has 0 aliphatic heterocycles. The number of alkyl halides is 2. The quantitative estimate of drug-likeness (QED) is 0.380. The van der Waals surface area contributed by atoms with E-state index in [-0.39, 0.29) is 16.7 Å². The van der Waals surface area contributed by atoms with Crippen molar-refractivity contribution in [2.24, 2.45) is 0 Å². The first-order chi connectivity index (χ1) is 14.0. The Bertz CT molecular complexity index is 968. The Kier molecular flexibility index (Phi) is 7.10. The number of nitrogens with zero attached hydrogens (tertiary/aromatic N) is 1. The molecule has 1 amide bonds. The highest BCUT2D eigenvalue weighted by atomic mass is 19.3.